The summed E-state index contributed by atoms with van der Waals surface area (Å²) in [6.07, 6.45) is 1.77. The van der Waals surface area contributed by atoms with Crippen LogP contribution in [0.5, 0.6) is 5.75 Å². The first-order valence-corrected chi connectivity index (χ1v) is 9.50. The third-order valence-corrected chi connectivity index (χ3v) is 5.11. The molecular formula is C12H13BrCl2O4S. The van der Waals surface area contributed by atoms with Gasteiger partial charge in [0.05, 0.1) is 11.6 Å². The van der Waals surface area contributed by atoms with Gasteiger partial charge in [-0.3, -0.25) is 0 Å². The van der Waals surface area contributed by atoms with Gasteiger partial charge >= 0.3 is 0 Å². The highest BCUT2D eigenvalue weighted by molar-refractivity contribution is 9.10. The number of benzene rings is 1. The Balaban J connectivity index is 2.21. The first-order valence-electron chi connectivity index (χ1n) is 6.02. The molecule has 0 bridgehead atoms. The fraction of sp³-hybridized carbons (Fsp3) is 0.500. The molecule has 2 rings (SSSR count). The lowest BCUT2D eigenvalue weighted by Gasteiger charge is -2.23. The van der Waals surface area contributed by atoms with Gasteiger partial charge in [0, 0.05) is 28.4 Å². The Morgan fingerprint density at radius 1 is 1.35 bits per heavy atom. The van der Waals surface area contributed by atoms with E-state index in [1.165, 1.54) is 6.07 Å². The molecule has 0 unspecified atom stereocenters. The van der Waals surface area contributed by atoms with Gasteiger partial charge < -0.3 is 9.47 Å². The lowest BCUT2D eigenvalue weighted by atomic mass is 10.0. The van der Waals surface area contributed by atoms with E-state index in [4.69, 9.17) is 31.8 Å². The van der Waals surface area contributed by atoms with Crippen molar-refractivity contribution in [1.29, 1.82) is 0 Å². The van der Waals surface area contributed by atoms with E-state index in [0.29, 0.717) is 30.2 Å². The Morgan fingerprint density at radius 2 is 2.00 bits per heavy atom. The number of rotatable bonds is 4. The van der Waals surface area contributed by atoms with Crippen LogP contribution in [0, 0.1) is 5.92 Å². The van der Waals surface area contributed by atoms with Crippen LogP contribution in [0.4, 0.5) is 0 Å². The molecule has 0 aromatic heterocycles. The third-order valence-electron chi connectivity index (χ3n) is 3.04. The molecule has 0 atom stereocenters. The molecule has 1 aromatic rings. The minimum absolute atomic E-state index is 0.108. The normalized spacial score (nSPS) is 17.1. The number of halogens is 3. The van der Waals surface area contributed by atoms with Gasteiger partial charge in [0.25, 0.3) is 9.05 Å². The second-order valence-electron chi connectivity index (χ2n) is 4.52. The lowest BCUT2D eigenvalue weighted by Crippen LogP contribution is -2.21. The van der Waals surface area contributed by atoms with Gasteiger partial charge in [-0.1, -0.05) is 27.5 Å². The van der Waals surface area contributed by atoms with E-state index in [-0.39, 0.29) is 15.7 Å². The molecule has 0 amide bonds. The van der Waals surface area contributed by atoms with Crippen molar-refractivity contribution in [3.8, 4) is 5.75 Å². The molecule has 0 radical (unpaired) electrons. The molecule has 0 N–H and O–H groups in total. The van der Waals surface area contributed by atoms with Gasteiger partial charge in [-0.15, -0.1) is 0 Å². The molecule has 1 heterocycles. The Labute approximate surface area is 135 Å². The SMILES string of the molecule is O=S(=O)(Cl)c1cc(Br)cc(Cl)c1OCC1CCOCC1. The van der Waals surface area contributed by atoms with Gasteiger partial charge in [-0.05, 0) is 30.9 Å². The zero-order valence-corrected chi connectivity index (χ0v) is 14.4. The fourth-order valence-electron chi connectivity index (χ4n) is 1.97. The second-order valence-corrected chi connectivity index (χ2v) is 8.38. The van der Waals surface area contributed by atoms with Crippen molar-refractivity contribution < 1.29 is 17.9 Å². The van der Waals surface area contributed by atoms with Crippen molar-refractivity contribution in [3.05, 3.63) is 21.6 Å². The summed E-state index contributed by atoms with van der Waals surface area (Å²) < 4.78 is 34.6. The maximum Gasteiger partial charge on any atom is 0.265 e. The highest BCUT2D eigenvalue weighted by atomic mass is 79.9. The van der Waals surface area contributed by atoms with Crippen molar-refractivity contribution in [3.63, 3.8) is 0 Å². The van der Waals surface area contributed by atoms with Crippen LogP contribution >= 0.6 is 38.2 Å². The quantitative estimate of drug-likeness (QED) is 0.716. The summed E-state index contributed by atoms with van der Waals surface area (Å²) in [6.45, 7) is 1.79. The van der Waals surface area contributed by atoms with Crippen LogP contribution < -0.4 is 4.74 Å². The molecule has 0 aliphatic carbocycles. The van der Waals surface area contributed by atoms with Crippen LogP contribution in [0.15, 0.2) is 21.5 Å². The van der Waals surface area contributed by atoms with Crippen LogP contribution in [0.2, 0.25) is 5.02 Å². The molecule has 20 heavy (non-hydrogen) atoms. The first-order chi connectivity index (χ1) is 9.38. The van der Waals surface area contributed by atoms with Crippen molar-refractivity contribution in [2.24, 2.45) is 5.92 Å². The van der Waals surface area contributed by atoms with Crippen molar-refractivity contribution in [2.75, 3.05) is 19.8 Å². The van der Waals surface area contributed by atoms with Crippen LogP contribution in [-0.4, -0.2) is 28.2 Å². The highest BCUT2D eigenvalue weighted by Gasteiger charge is 2.22. The summed E-state index contributed by atoms with van der Waals surface area (Å²) in [7, 11) is 1.50. The topological polar surface area (TPSA) is 52.6 Å². The first kappa shape index (κ1) is 16.4. The van der Waals surface area contributed by atoms with Crippen molar-refractivity contribution >= 4 is 47.3 Å². The molecule has 0 saturated carbocycles. The highest BCUT2D eigenvalue weighted by Crippen LogP contribution is 2.37. The van der Waals surface area contributed by atoms with E-state index in [0.717, 1.165) is 12.8 Å². The minimum atomic E-state index is -3.92. The van der Waals surface area contributed by atoms with E-state index in [1.807, 2.05) is 0 Å². The molecule has 1 saturated heterocycles. The van der Waals surface area contributed by atoms with E-state index >= 15 is 0 Å². The monoisotopic (exact) mass is 402 g/mol. The molecule has 1 aliphatic rings. The number of hydrogen-bond acceptors (Lipinski definition) is 4. The standard InChI is InChI=1S/C12H13BrCl2O4S/c13-9-5-10(14)12(11(6-9)20(15,16)17)19-7-8-1-3-18-4-2-8/h5-6,8H,1-4,7H2. The van der Waals surface area contributed by atoms with E-state index in [9.17, 15) is 8.42 Å². The predicted molar refractivity (Wildman–Crippen MR) is 81.2 cm³/mol. The zero-order valence-electron chi connectivity index (χ0n) is 10.4. The summed E-state index contributed by atoms with van der Waals surface area (Å²) in [5.74, 6) is 0.436. The van der Waals surface area contributed by atoms with E-state index < -0.39 is 9.05 Å². The van der Waals surface area contributed by atoms with E-state index in [2.05, 4.69) is 15.9 Å². The molecule has 0 spiro atoms. The largest absolute Gasteiger partial charge is 0.490 e. The van der Waals surface area contributed by atoms with E-state index in [1.54, 1.807) is 6.07 Å². The van der Waals surface area contributed by atoms with Crippen LogP contribution in [0.3, 0.4) is 0 Å². The zero-order chi connectivity index (χ0) is 14.8. The Bertz CT molecular complexity index is 585. The Hall–Kier alpha value is -0.0100. The fourth-order valence-corrected chi connectivity index (χ4v) is 4.05. The predicted octanol–water partition coefficient (Wildman–Crippen LogP) is 3.84. The molecule has 1 aliphatic heterocycles. The van der Waals surface area contributed by atoms with Crippen LogP contribution in [-0.2, 0) is 13.8 Å². The lowest BCUT2D eigenvalue weighted by molar-refractivity contribution is 0.0493. The maximum absolute atomic E-state index is 11.6. The molecule has 112 valence electrons. The third kappa shape index (κ3) is 4.24. The average molecular weight is 404 g/mol. The molecule has 1 aromatic carbocycles. The van der Waals surface area contributed by atoms with Crippen LogP contribution in [0.25, 0.3) is 0 Å². The Kier molecular flexibility index (Phi) is 5.59. The molecular weight excluding hydrogens is 391 g/mol. The summed E-state index contributed by atoms with van der Waals surface area (Å²) in [6, 6.07) is 2.96. The van der Waals surface area contributed by atoms with Gasteiger partial charge in [-0.25, -0.2) is 8.42 Å². The molecule has 1 fully saturated rings. The average Bonchev–Trinajstić information content (AvgIpc) is 2.37. The summed E-state index contributed by atoms with van der Waals surface area (Å²) in [5, 5.41) is 0.214. The van der Waals surface area contributed by atoms with Gasteiger partial charge in [-0.2, -0.15) is 0 Å². The molecule has 4 nitrogen and oxygen atoms in total. The second kappa shape index (κ2) is 6.83. The number of hydrogen-bond donors (Lipinski definition) is 0. The summed E-state index contributed by atoms with van der Waals surface area (Å²) >= 11 is 9.24. The molecule has 8 heteroatoms. The summed E-state index contributed by atoms with van der Waals surface area (Å²) in [5.41, 5.74) is 0. The Morgan fingerprint density at radius 3 is 2.60 bits per heavy atom. The smallest absolute Gasteiger partial charge is 0.265 e. The van der Waals surface area contributed by atoms with Crippen LogP contribution in [0.1, 0.15) is 12.8 Å². The number of ether oxygens (including phenoxy) is 2. The van der Waals surface area contributed by atoms with Crippen molar-refractivity contribution in [2.45, 2.75) is 17.7 Å². The summed E-state index contributed by atoms with van der Waals surface area (Å²) in [4.78, 5) is -0.120. The minimum Gasteiger partial charge on any atom is -0.490 e. The maximum atomic E-state index is 11.6. The van der Waals surface area contributed by atoms with Crippen molar-refractivity contribution in [1.82, 2.24) is 0 Å². The van der Waals surface area contributed by atoms with Gasteiger partial charge in [0.1, 0.15) is 4.90 Å². The van der Waals surface area contributed by atoms with Gasteiger partial charge in [0.15, 0.2) is 5.75 Å². The van der Waals surface area contributed by atoms with Gasteiger partial charge in [0.2, 0.25) is 0 Å².